The highest BCUT2D eigenvalue weighted by Crippen LogP contribution is 2.15. The average Bonchev–Trinajstić information content (AvgIpc) is 2.51. The lowest BCUT2D eigenvalue weighted by atomic mass is 10.1. The van der Waals surface area contributed by atoms with Crippen molar-refractivity contribution in [3.05, 3.63) is 29.8 Å². The molecule has 0 bridgehead atoms. The number of benzene rings is 1. The predicted octanol–water partition coefficient (Wildman–Crippen LogP) is -0.484. The van der Waals surface area contributed by atoms with Crippen molar-refractivity contribution in [1.82, 2.24) is 5.32 Å². The number of para-hydroxylation sites is 1. The quantitative estimate of drug-likeness (QED) is 0.635. The van der Waals surface area contributed by atoms with Crippen molar-refractivity contribution in [3.63, 3.8) is 0 Å². The topological polar surface area (TPSA) is 92.4 Å². The SMILES string of the molecule is Nc1ccccc1CN[C@@H]1CS(=O)(=O)C[C@H]1O. The smallest absolute Gasteiger partial charge is 0.154 e. The second-order valence-electron chi connectivity index (χ2n) is 4.33. The van der Waals surface area contributed by atoms with Crippen molar-refractivity contribution in [3.8, 4) is 0 Å². The van der Waals surface area contributed by atoms with Crippen LogP contribution in [0.1, 0.15) is 5.56 Å². The van der Waals surface area contributed by atoms with Gasteiger partial charge in [0.05, 0.1) is 17.6 Å². The lowest BCUT2D eigenvalue weighted by Crippen LogP contribution is -2.38. The van der Waals surface area contributed by atoms with Gasteiger partial charge in [0.1, 0.15) is 0 Å². The molecule has 0 saturated carbocycles. The molecule has 0 amide bonds. The van der Waals surface area contributed by atoms with Crippen LogP contribution in [0.4, 0.5) is 5.69 Å². The number of nitrogen functional groups attached to an aromatic ring is 1. The normalized spacial score (nSPS) is 27.1. The summed E-state index contributed by atoms with van der Waals surface area (Å²) in [5, 5.41) is 12.6. The van der Waals surface area contributed by atoms with Crippen molar-refractivity contribution >= 4 is 15.5 Å². The molecule has 1 saturated heterocycles. The number of sulfone groups is 1. The van der Waals surface area contributed by atoms with Crippen molar-refractivity contribution in [1.29, 1.82) is 0 Å². The summed E-state index contributed by atoms with van der Waals surface area (Å²) >= 11 is 0. The van der Waals surface area contributed by atoms with E-state index >= 15 is 0 Å². The Bertz CT molecular complexity index is 501. The summed E-state index contributed by atoms with van der Waals surface area (Å²) in [4.78, 5) is 0. The molecular weight excluding hydrogens is 240 g/mol. The zero-order chi connectivity index (χ0) is 12.5. The maximum absolute atomic E-state index is 11.3. The van der Waals surface area contributed by atoms with E-state index in [0.717, 1.165) is 5.56 Å². The van der Waals surface area contributed by atoms with Gasteiger partial charge in [-0.15, -0.1) is 0 Å². The Balaban J connectivity index is 1.98. The fourth-order valence-corrected chi connectivity index (χ4v) is 3.74. The number of aliphatic hydroxyl groups is 1. The van der Waals surface area contributed by atoms with E-state index in [4.69, 9.17) is 5.73 Å². The van der Waals surface area contributed by atoms with Gasteiger partial charge in [0.2, 0.25) is 0 Å². The van der Waals surface area contributed by atoms with E-state index in [1.165, 1.54) is 0 Å². The molecule has 6 heteroatoms. The lowest BCUT2D eigenvalue weighted by Gasteiger charge is -2.15. The molecule has 1 aliphatic rings. The summed E-state index contributed by atoms with van der Waals surface area (Å²) in [6.07, 6.45) is -0.829. The van der Waals surface area contributed by atoms with Gasteiger partial charge in [-0.2, -0.15) is 0 Å². The highest BCUT2D eigenvalue weighted by atomic mass is 32.2. The van der Waals surface area contributed by atoms with Gasteiger partial charge in [-0.05, 0) is 11.6 Å². The van der Waals surface area contributed by atoms with Crippen LogP contribution in [0.2, 0.25) is 0 Å². The number of anilines is 1. The van der Waals surface area contributed by atoms with E-state index in [0.29, 0.717) is 12.2 Å². The highest BCUT2D eigenvalue weighted by Gasteiger charge is 2.35. The van der Waals surface area contributed by atoms with E-state index in [2.05, 4.69) is 5.32 Å². The van der Waals surface area contributed by atoms with Gasteiger partial charge in [-0.25, -0.2) is 8.42 Å². The van der Waals surface area contributed by atoms with Gasteiger partial charge >= 0.3 is 0 Å². The minimum absolute atomic E-state index is 0.0130. The zero-order valence-corrected chi connectivity index (χ0v) is 10.2. The van der Waals surface area contributed by atoms with Gasteiger partial charge in [0, 0.05) is 18.3 Å². The van der Waals surface area contributed by atoms with Crippen LogP contribution in [-0.2, 0) is 16.4 Å². The first-order valence-corrected chi connectivity index (χ1v) is 7.25. The minimum atomic E-state index is -3.10. The Morgan fingerprint density at radius 3 is 2.65 bits per heavy atom. The highest BCUT2D eigenvalue weighted by molar-refractivity contribution is 7.91. The van der Waals surface area contributed by atoms with Gasteiger partial charge in [0.25, 0.3) is 0 Å². The Morgan fingerprint density at radius 1 is 1.35 bits per heavy atom. The fraction of sp³-hybridized carbons (Fsp3) is 0.455. The van der Waals surface area contributed by atoms with Crippen LogP contribution in [0, 0.1) is 0 Å². The maximum Gasteiger partial charge on any atom is 0.154 e. The molecule has 0 spiro atoms. The second kappa shape index (κ2) is 4.64. The van der Waals surface area contributed by atoms with Crippen molar-refractivity contribution in [2.45, 2.75) is 18.7 Å². The van der Waals surface area contributed by atoms with Crippen molar-refractivity contribution < 1.29 is 13.5 Å². The number of aliphatic hydroxyl groups excluding tert-OH is 1. The van der Waals surface area contributed by atoms with Crippen LogP contribution in [0.5, 0.6) is 0 Å². The summed E-state index contributed by atoms with van der Waals surface area (Å²) in [5.41, 5.74) is 7.34. The molecule has 0 aliphatic carbocycles. The first-order chi connectivity index (χ1) is 7.98. The first kappa shape index (κ1) is 12.3. The van der Waals surface area contributed by atoms with Crippen LogP contribution < -0.4 is 11.1 Å². The lowest BCUT2D eigenvalue weighted by molar-refractivity contribution is 0.165. The fourth-order valence-electron chi connectivity index (χ4n) is 1.96. The molecule has 4 N–H and O–H groups in total. The first-order valence-electron chi connectivity index (χ1n) is 5.43. The third-order valence-corrected chi connectivity index (χ3v) is 4.65. The molecule has 1 heterocycles. The van der Waals surface area contributed by atoms with Crippen LogP contribution in [0.15, 0.2) is 24.3 Å². The number of hydrogen-bond acceptors (Lipinski definition) is 5. The third kappa shape index (κ3) is 2.96. The van der Waals surface area contributed by atoms with Crippen LogP contribution in [0.3, 0.4) is 0 Å². The summed E-state index contributed by atoms with van der Waals surface area (Å²) in [5.74, 6) is -0.171. The molecule has 0 radical (unpaired) electrons. The van der Waals surface area contributed by atoms with Gasteiger partial charge in [0.15, 0.2) is 9.84 Å². The minimum Gasteiger partial charge on any atom is -0.398 e. The molecule has 5 nitrogen and oxygen atoms in total. The Labute approximate surface area is 101 Å². The summed E-state index contributed by atoms with van der Waals surface area (Å²) in [7, 11) is -3.10. The van der Waals surface area contributed by atoms with E-state index in [1.807, 2.05) is 18.2 Å². The van der Waals surface area contributed by atoms with E-state index in [9.17, 15) is 13.5 Å². The molecular formula is C11H16N2O3S. The van der Waals surface area contributed by atoms with Crippen LogP contribution in [-0.4, -0.2) is 37.2 Å². The Morgan fingerprint density at radius 2 is 2.06 bits per heavy atom. The Kier molecular flexibility index (Phi) is 3.37. The van der Waals surface area contributed by atoms with E-state index in [1.54, 1.807) is 6.07 Å². The average molecular weight is 256 g/mol. The molecule has 94 valence electrons. The zero-order valence-electron chi connectivity index (χ0n) is 9.33. The van der Waals surface area contributed by atoms with Gasteiger partial charge in [-0.3, -0.25) is 0 Å². The molecule has 0 aromatic heterocycles. The molecule has 2 rings (SSSR count). The molecule has 1 aromatic carbocycles. The van der Waals surface area contributed by atoms with Gasteiger partial charge < -0.3 is 16.2 Å². The standard InChI is InChI=1S/C11H16N2O3S/c12-9-4-2-1-3-8(9)5-13-10-6-17(15,16)7-11(10)14/h1-4,10-11,13-14H,5-7,12H2/t10-,11-/m1/s1. The summed E-state index contributed by atoms with van der Waals surface area (Å²) in [6, 6.07) is 6.97. The van der Waals surface area contributed by atoms with Crippen molar-refractivity contribution in [2.75, 3.05) is 17.2 Å². The van der Waals surface area contributed by atoms with Crippen molar-refractivity contribution in [2.24, 2.45) is 0 Å². The predicted molar refractivity (Wildman–Crippen MR) is 66.1 cm³/mol. The van der Waals surface area contributed by atoms with E-state index < -0.39 is 22.0 Å². The van der Waals surface area contributed by atoms with Crippen LogP contribution >= 0.6 is 0 Å². The number of hydrogen-bond donors (Lipinski definition) is 3. The van der Waals surface area contributed by atoms with E-state index in [-0.39, 0.29) is 11.5 Å². The maximum atomic E-state index is 11.3. The molecule has 1 aliphatic heterocycles. The molecule has 17 heavy (non-hydrogen) atoms. The van der Waals surface area contributed by atoms with Crippen LogP contribution in [0.25, 0.3) is 0 Å². The summed E-state index contributed by atoms with van der Waals surface area (Å²) in [6.45, 7) is 0.462. The third-order valence-electron chi connectivity index (χ3n) is 2.93. The summed E-state index contributed by atoms with van der Waals surface area (Å²) < 4.78 is 22.6. The number of nitrogens with one attached hydrogen (secondary N) is 1. The molecule has 0 unspecified atom stereocenters. The molecule has 1 fully saturated rings. The monoisotopic (exact) mass is 256 g/mol. The molecule has 2 atom stereocenters. The number of nitrogens with two attached hydrogens (primary N) is 1. The molecule has 1 aromatic rings. The second-order valence-corrected chi connectivity index (χ2v) is 6.48. The van der Waals surface area contributed by atoms with Gasteiger partial charge in [-0.1, -0.05) is 18.2 Å². The number of rotatable bonds is 3. The Hall–Kier alpha value is -1.11. The largest absolute Gasteiger partial charge is 0.398 e.